The van der Waals surface area contributed by atoms with Crippen molar-refractivity contribution < 1.29 is 0 Å². The monoisotopic (exact) mass is 584 g/mol. The molecule has 0 radical (unpaired) electrons. The molecule has 6 nitrogen and oxygen atoms in total. The van der Waals surface area contributed by atoms with Gasteiger partial charge in [-0.15, -0.1) is 0 Å². The van der Waals surface area contributed by atoms with Gasteiger partial charge < -0.3 is 9.80 Å². The van der Waals surface area contributed by atoms with Crippen LogP contribution in [-0.2, 0) is 0 Å². The van der Waals surface area contributed by atoms with E-state index in [0.29, 0.717) is 0 Å². The molecule has 226 valence electrons. The van der Waals surface area contributed by atoms with Crippen LogP contribution in [0.4, 0.5) is 11.6 Å². The third-order valence-electron chi connectivity index (χ3n) is 10.3. The van der Waals surface area contributed by atoms with E-state index in [9.17, 15) is 0 Å². The van der Waals surface area contributed by atoms with E-state index in [1.165, 1.54) is 5.56 Å². The lowest BCUT2D eigenvalue weighted by Crippen LogP contribution is -2.53. The standard InChI is InChI=1S/C38H44N6/c1-25-41-35(3,4)37(7,8)43(25)33-18-16-28(23-39-33)31-20-30(27-14-12-11-13-15-27)21-32(22-31)29-17-19-34(40-24-29)44-26(2)42-36(5,6)38(44,9)10/h11-24H,1-10H3. The van der Waals surface area contributed by atoms with Crippen molar-refractivity contribution in [2.75, 3.05) is 9.80 Å². The average Bonchev–Trinajstić information content (AvgIpc) is 3.25. The van der Waals surface area contributed by atoms with Crippen LogP contribution in [0.3, 0.4) is 0 Å². The first kappa shape index (κ1) is 29.7. The Balaban J connectivity index is 1.38. The number of hydrogen-bond acceptors (Lipinski definition) is 6. The fraction of sp³-hybridized carbons (Fsp3) is 0.368. The fourth-order valence-corrected chi connectivity index (χ4v) is 6.58. The SMILES string of the molecule is CC1=NC(C)(C)C(C)(C)N1c1ccc(-c2cc(-c3ccccc3)cc(-c3ccc(N4C(C)=NC(C)(C)C4(C)C)nc3)c2)cn1. The highest BCUT2D eigenvalue weighted by atomic mass is 15.4. The van der Waals surface area contributed by atoms with E-state index in [1.54, 1.807) is 0 Å². The highest BCUT2D eigenvalue weighted by Crippen LogP contribution is 2.42. The second kappa shape index (κ2) is 10.1. The zero-order valence-corrected chi connectivity index (χ0v) is 27.8. The Morgan fingerprint density at radius 3 is 1.16 bits per heavy atom. The lowest BCUT2D eigenvalue weighted by molar-refractivity contribution is 0.337. The summed E-state index contributed by atoms with van der Waals surface area (Å²) < 4.78 is 0. The minimum Gasteiger partial charge on any atom is -0.307 e. The minimum absolute atomic E-state index is 0.185. The maximum Gasteiger partial charge on any atom is 0.134 e. The van der Waals surface area contributed by atoms with Crippen LogP contribution in [0.15, 0.2) is 95.2 Å². The van der Waals surface area contributed by atoms with Crippen molar-refractivity contribution in [1.82, 2.24) is 9.97 Å². The Morgan fingerprint density at radius 2 is 0.841 bits per heavy atom. The summed E-state index contributed by atoms with van der Waals surface area (Å²) in [6, 6.07) is 25.9. The number of aliphatic imine (C=N–C) groups is 2. The first-order chi connectivity index (χ1) is 20.6. The molecule has 0 unspecified atom stereocenters. The molecule has 2 aromatic carbocycles. The van der Waals surface area contributed by atoms with Gasteiger partial charge in [0.1, 0.15) is 23.3 Å². The summed E-state index contributed by atoms with van der Waals surface area (Å²) in [5.74, 6) is 3.81. The summed E-state index contributed by atoms with van der Waals surface area (Å²) in [6.07, 6.45) is 3.97. The smallest absolute Gasteiger partial charge is 0.134 e. The third-order valence-corrected chi connectivity index (χ3v) is 10.3. The van der Waals surface area contributed by atoms with Crippen molar-refractivity contribution >= 4 is 23.3 Å². The van der Waals surface area contributed by atoms with Crippen LogP contribution in [0, 0.1) is 0 Å². The number of nitrogens with zero attached hydrogens (tertiary/aromatic N) is 6. The molecule has 0 N–H and O–H groups in total. The molecule has 6 heteroatoms. The van der Waals surface area contributed by atoms with Crippen molar-refractivity contribution in [1.29, 1.82) is 0 Å². The zero-order chi connectivity index (χ0) is 31.7. The average molecular weight is 585 g/mol. The molecule has 4 heterocycles. The third kappa shape index (κ3) is 4.72. The molecule has 2 aromatic heterocycles. The lowest BCUT2D eigenvalue weighted by atomic mass is 9.83. The molecule has 0 saturated carbocycles. The highest BCUT2D eigenvalue weighted by Gasteiger charge is 2.49. The topological polar surface area (TPSA) is 57.0 Å². The van der Waals surface area contributed by atoms with E-state index >= 15 is 0 Å². The Hall–Kier alpha value is -4.32. The van der Waals surface area contributed by atoms with E-state index < -0.39 is 0 Å². The maximum absolute atomic E-state index is 4.96. The summed E-state index contributed by atoms with van der Waals surface area (Å²) in [5, 5.41) is 0. The summed E-state index contributed by atoms with van der Waals surface area (Å²) in [6.45, 7) is 21.8. The van der Waals surface area contributed by atoms with E-state index in [1.807, 2.05) is 12.4 Å². The highest BCUT2D eigenvalue weighted by molar-refractivity contribution is 6.00. The molecule has 44 heavy (non-hydrogen) atoms. The number of hydrogen-bond donors (Lipinski definition) is 0. The quantitative estimate of drug-likeness (QED) is 0.235. The van der Waals surface area contributed by atoms with Crippen molar-refractivity contribution in [3.63, 3.8) is 0 Å². The molecule has 0 saturated heterocycles. The Bertz CT molecular complexity index is 1650. The molecular formula is C38H44N6. The van der Waals surface area contributed by atoms with Gasteiger partial charge in [-0.3, -0.25) is 9.98 Å². The van der Waals surface area contributed by atoms with Gasteiger partial charge in [-0.2, -0.15) is 0 Å². The van der Waals surface area contributed by atoms with Gasteiger partial charge in [0.25, 0.3) is 0 Å². The van der Waals surface area contributed by atoms with Gasteiger partial charge in [-0.1, -0.05) is 30.3 Å². The maximum atomic E-state index is 4.96. The van der Waals surface area contributed by atoms with E-state index in [2.05, 4.69) is 152 Å². The molecule has 0 aliphatic carbocycles. The first-order valence-electron chi connectivity index (χ1n) is 15.5. The molecule has 2 aliphatic rings. The summed E-state index contributed by atoms with van der Waals surface area (Å²) >= 11 is 0. The molecule has 0 bridgehead atoms. The van der Waals surface area contributed by atoms with Crippen molar-refractivity contribution in [3.8, 4) is 33.4 Å². The summed E-state index contributed by atoms with van der Waals surface area (Å²) in [5.41, 5.74) is 5.91. The number of anilines is 2. The normalized spacial score (nSPS) is 19.6. The van der Waals surface area contributed by atoms with Crippen LogP contribution in [0.2, 0.25) is 0 Å². The lowest BCUT2D eigenvalue weighted by Gasteiger charge is -2.40. The van der Waals surface area contributed by atoms with Gasteiger partial charge in [-0.25, -0.2) is 9.97 Å². The first-order valence-corrected chi connectivity index (χ1v) is 15.5. The second-order valence-electron chi connectivity index (χ2n) is 14.2. The van der Waals surface area contributed by atoms with E-state index in [4.69, 9.17) is 20.0 Å². The van der Waals surface area contributed by atoms with E-state index in [0.717, 1.165) is 51.1 Å². The summed E-state index contributed by atoms with van der Waals surface area (Å²) in [7, 11) is 0. The largest absolute Gasteiger partial charge is 0.307 e. The zero-order valence-electron chi connectivity index (χ0n) is 27.8. The van der Waals surface area contributed by atoms with Crippen molar-refractivity contribution in [3.05, 3.63) is 85.2 Å². The fourth-order valence-electron chi connectivity index (χ4n) is 6.58. The number of amidine groups is 2. The molecule has 4 aromatic rings. The predicted octanol–water partition coefficient (Wildman–Crippen LogP) is 9.07. The van der Waals surface area contributed by atoms with E-state index in [-0.39, 0.29) is 22.2 Å². The van der Waals surface area contributed by atoms with Crippen LogP contribution in [0.25, 0.3) is 33.4 Å². The van der Waals surface area contributed by atoms with Crippen LogP contribution >= 0.6 is 0 Å². The number of aromatic nitrogens is 2. The predicted molar refractivity (Wildman–Crippen MR) is 186 cm³/mol. The molecular weight excluding hydrogens is 540 g/mol. The minimum atomic E-state index is -0.202. The van der Waals surface area contributed by atoms with Gasteiger partial charge in [0, 0.05) is 23.5 Å². The van der Waals surface area contributed by atoms with Gasteiger partial charge >= 0.3 is 0 Å². The van der Waals surface area contributed by atoms with Gasteiger partial charge in [0.15, 0.2) is 0 Å². The molecule has 0 amide bonds. The number of benzene rings is 2. The van der Waals surface area contributed by atoms with Crippen molar-refractivity contribution in [2.45, 2.75) is 91.4 Å². The number of pyridine rings is 2. The van der Waals surface area contributed by atoms with Crippen LogP contribution in [-0.4, -0.2) is 43.8 Å². The Labute approximate surface area is 262 Å². The van der Waals surface area contributed by atoms with Gasteiger partial charge in [0.2, 0.25) is 0 Å². The van der Waals surface area contributed by atoms with Crippen LogP contribution in [0.5, 0.6) is 0 Å². The molecule has 0 fully saturated rings. The van der Waals surface area contributed by atoms with Gasteiger partial charge in [-0.05, 0) is 134 Å². The summed E-state index contributed by atoms with van der Waals surface area (Å²) in [4.78, 5) is 24.3. The molecule has 6 rings (SSSR count). The molecule has 0 atom stereocenters. The van der Waals surface area contributed by atoms with Crippen molar-refractivity contribution in [2.24, 2.45) is 9.98 Å². The van der Waals surface area contributed by atoms with Crippen LogP contribution < -0.4 is 9.80 Å². The number of rotatable bonds is 5. The Kier molecular flexibility index (Phi) is 6.84. The molecule has 2 aliphatic heterocycles. The van der Waals surface area contributed by atoms with Gasteiger partial charge in [0.05, 0.1) is 22.2 Å². The molecule has 0 spiro atoms. The second-order valence-corrected chi connectivity index (χ2v) is 14.2. The van der Waals surface area contributed by atoms with Crippen LogP contribution in [0.1, 0.15) is 69.2 Å². The Morgan fingerprint density at radius 1 is 0.455 bits per heavy atom.